The summed E-state index contributed by atoms with van der Waals surface area (Å²) in [5.41, 5.74) is 1.33. The molecule has 1 aromatic rings. The SMILES string of the molecule is CCOc1ccc(CCCCN2CCNCC2)cc1OC. The van der Waals surface area contributed by atoms with Gasteiger partial charge in [-0.2, -0.15) is 0 Å². The highest BCUT2D eigenvalue weighted by molar-refractivity contribution is 5.42. The number of benzene rings is 1. The Balaban J connectivity index is 1.74. The first-order valence-electron chi connectivity index (χ1n) is 8.06. The van der Waals surface area contributed by atoms with Crippen LogP contribution in [-0.4, -0.2) is 51.3 Å². The fraction of sp³-hybridized carbons (Fsp3) is 0.647. The molecule has 0 amide bonds. The third-order valence-corrected chi connectivity index (χ3v) is 3.93. The van der Waals surface area contributed by atoms with Crippen LogP contribution in [0.2, 0.25) is 0 Å². The Morgan fingerprint density at radius 1 is 1.14 bits per heavy atom. The third-order valence-electron chi connectivity index (χ3n) is 3.93. The number of hydrogen-bond acceptors (Lipinski definition) is 4. The minimum atomic E-state index is 0.667. The number of nitrogens with zero attached hydrogens (tertiary/aromatic N) is 1. The van der Waals surface area contributed by atoms with Gasteiger partial charge in [-0.05, 0) is 50.4 Å². The van der Waals surface area contributed by atoms with E-state index in [1.54, 1.807) is 7.11 Å². The highest BCUT2D eigenvalue weighted by Crippen LogP contribution is 2.28. The number of methoxy groups -OCH3 is 1. The lowest BCUT2D eigenvalue weighted by atomic mass is 10.1. The standard InChI is InChI=1S/C17H28N2O2/c1-3-21-16-8-7-15(14-17(16)20-2)6-4-5-11-19-12-9-18-10-13-19/h7-8,14,18H,3-6,9-13H2,1-2H3. The van der Waals surface area contributed by atoms with E-state index in [2.05, 4.69) is 22.3 Å². The molecule has 1 aromatic carbocycles. The monoisotopic (exact) mass is 292 g/mol. The maximum absolute atomic E-state index is 5.55. The molecule has 1 fully saturated rings. The fourth-order valence-electron chi connectivity index (χ4n) is 2.74. The van der Waals surface area contributed by atoms with Crippen molar-refractivity contribution in [2.24, 2.45) is 0 Å². The van der Waals surface area contributed by atoms with Crippen LogP contribution in [0.4, 0.5) is 0 Å². The van der Waals surface area contributed by atoms with Crippen LogP contribution in [0, 0.1) is 0 Å². The molecule has 0 aromatic heterocycles. The predicted octanol–water partition coefficient (Wildman–Crippen LogP) is 2.32. The number of piperazine rings is 1. The molecule has 1 aliphatic rings. The van der Waals surface area contributed by atoms with Gasteiger partial charge >= 0.3 is 0 Å². The van der Waals surface area contributed by atoms with E-state index in [0.717, 1.165) is 31.0 Å². The number of unbranched alkanes of at least 4 members (excludes halogenated alkanes) is 1. The lowest BCUT2D eigenvalue weighted by Gasteiger charge is -2.27. The van der Waals surface area contributed by atoms with Crippen molar-refractivity contribution < 1.29 is 9.47 Å². The van der Waals surface area contributed by atoms with Crippen molar-refractivity contribution in [1.82, 2.24) is 10.2 Å². The van der Waals surface area contributed by atoms with Crippen LogP contribution >= 0.6 is 0 Å². The van der Waals surface area contributed by atoms with E-state index in [0.29, 0.717) is 6.61 Å². The smallest absolute Gasteiger partial charge is 0.161 e. The summed E-state index contributed by atoms with van der Waals surface area (Å²) in [5.74, 6) is 1.68. The summed E-state index contributed by atoms with van der Waals surface area (Å²) in [6.45, 7) is 8.53. The van der Waals surface area contributed by atoms with Crippen LogP contribution in [0.25, 0.3) is 0 Å². The van der Waals surface area contributed by atoms with E-state index in [-0.39, 0.29) is 0 Å². The molecule has 0 spiro atoms. The van der Waals surface area contributed by atoms with E-state index < -0.39 is 0 Å². The molecule has 118 valence electrons. The largest absolute Gasteiger partial charge is 0.493 e. The average molecular weight is 292 g/mol. The molecule has 2 rings (SSSR count). The zero-order valence-corrected chi connectivity index (χ0v) is 13.4. The van der Waals surface area contributed by atoms with Gasteiger partial charge in [-0.1, -0.05) is 6.07 Å². The van der Waals surface area contributed by atoms with Gasteiger partial charge in [-0.25, -0.2) is 0 Å². The van der Waals surface area contributed by atoms with Gasteiger partial charge in [0.15, 0.2) is 11.5 Å². The molecular weight excluding hydrogens is 264 g/mol. The van der Waals surface area contributed by atoms with Crippen molar-refractivity contribution in [2.75, 3.05) is 46.4 Å². The maximum Gasteiger partial charge on any atom is 0.161 e. The van der Waals surface area contributed by atoms with Crippen molar-refractivity contribution in [3.63, 3.8) is 0 Å². The lowest BCUT2D eigenvalue weighted by molar-refractivity contribution is 0.237. The zero-order chi connectivity index (χ0) is 14.9. The average Bonchev–Trinajstić information content (AvgIpc) is 2.54. The highest BCUT2D eigenvalue weighted by atomic mass is 16.5. The molecule has 1 aliphatic heterocycles. The van der Waals surface area contributed by atoms with Gasteiger partial charge in [0.2, 0.25) is 0 Å². The van der Waals surface area contributed by atoms with Gasteiger partial charge in [0.05, 0.1) is 13.7 Å². The first-order chi connectivity index (χ1) is 10.3. The molecule has 0 radical (unpaired) electrons. The normalized spacial score (nSPS) is 15.9. The summed E-state index contributed by atoms with van der Waals surface area (Å²) in [4.78, 5) is 2.55. The summed E-state index contributed by atoms with van der Waals surface area (Å²) in [7, 11) is 1.70. The quantitative estimate of drug-likeness (QED) is 0.746. The van der Waals surface area contributed by atoms with Crippen LogP contribution in [-0.2, 0) is 6.42 Å². The molecular formula is C17H28N2O2. The van der Waals surface area contributed by atoms with Crippen LogP contribution in [0.1, 0.15) is 25.3 Å². The van der Waals surface area contributed by atoms with E-state index in [1.165, 1.54) is 38.0 Å². The highest BCUT2D eigenvalue weighted by Gasteiger charge is 2.09. The molecule has 21 heavy (non-hydrogen) atoms. The molecule has 0 saturated carbocycles. The Kier molecular flexibility index (Phi) is 6.83. The van der Waals surface area contributed by atoms with Gasteiger partial charge in [-0.15, -0.1) is 0 Å². The molecule has 1 N–H and O–H groups in total. The Morgan fingerprint density at radius 2 is 1.95 bits per heavy atom. The predicted molar refractivity (Wildman–Crippen MR) is 86.4 cm³/mol. The second-order valence-electron chi connectivity index (χ2n) is 5.47. The van der Waals surface area contributed by atoms with Crippen molar-refractivity contribution in [1.29, 1.82) is 0 Å². The number of hydrogen-bond donors (Lipinski definition) is 1. The Labute approximate surface area is 128 Å². The number of ether oxygens (including phenoxy) is 2. The minimum Gasteiger partial charge on any atom is -0.493 e. The van der Waals surface area contributed by atoms with Crippen LogP contribution in [0.15, 0.2) is 18.2 Å². The van der Waals surface area contributed by atoms with Gasteiger partial charge in [-0.3, -0.25) is 0 Å². The molecule has 0 atom stereocenters. The second kappa shape index (κ2) is 8.90. The van der Waals surface area contributed by atoms with E-state index >= 15 is 0 Å². The van der Waals surface area contributed by atoms with Crippen molar-refractivity contribution in [3.8, 4) is 11.5 Å². The van der Waals surface area contributed by atoms with Gasteiger partial charge in [0, 0.05) is 26.2 Å². The Morgan fingerprint density at radius 3 is 2.67 bits per heavy atom. The van der Waals surface area contributed by atoms with Gasteiger partial charge < -0.3 is 19.7 Å². The van der Waals surface area contributed by atoms with Crippen LogP contribution in [0.5, 0.6) is 11.5 Å². The molecule has 4 nitrogen and oxygen atoms in total. The van der Waals surface area contributed by atoms with Gasteiger partial charge in [0.25, 0.3) is 0 Å². The lowest BCUT2D eigenvalue weighted by Crippen LogP contribution is -2.43. The van der Waals surface area contributed by atoms with E-state index in [4.69, 9.17) is 9.47 Å². The van der Waals surface area contributed by atoms with Crippen LogP contribution < -0.4 is 14.8 Å². The number of aryl methyl sites for hydroxylation is 1. The maximum atomic E-state index is 5.55. The first kappa shape index (κ1) is 16.1. The fourth-order valence-corrected chi connectivity index (χ4v) is 2.74. The van der Waals surface area contributed by atoms with Crippen molar-refractivity contribution >= 4 is 0 Å². The molecule has 0 unspecified atom stereocenters. The Hall–Kier alpha value is -1.26. The summed E-state index contributed by atoms with van der Waals surface area (Å²) < 4.78 is 11.0. The minimum absolute atomic E-state index is 0.667. The number of nitrogens with one attached hydrogen (secondary N) is 1. The topological polar surface area (TPSA) is 33.7 Å². The van der Waals surface area contributed by atoms with Gasteiger partial charge in [0.1, 0.15) is 0 Å². The van der Waals surface area contributed by atoms with Crippen LogP contribution in [0.3, 0.4) is 0 Å². The Bertz CT molecular complexity index is 417. The van der Waals surface area contributed by atoms with E-state index in [1.807, 2.05) is 13.0 Å². The summed E-state index contributed by atoms with van der Waals surface area (Å²) in [6.07, 6.45) is 3.59. The first-order valence-corrected chi connectivity index (χ1v) is 8.06. The summed E-state index contributed by atoms with van der Waals surface area (Å²) in [6, 6.07) is 6.28. The summed E-state index contributed by atoms with van der Waals surface area (Å²) in [5, 5.41) is 3.39. The molecule has 0 bridgehead atoms. The second-order valence-corrected chi connectivity index (χ2v) is 5.47. The zero-order valence-electron chi connectivity index (χ0n) is 13.4. The van der Waals surface area contributed by atoms with E-state index in [9.17, 15) is 0 Å². The third kappa shape index (κ3) is 5.21. The van der Waals surface area contributed by atoms with Crippen molar-refractivity contribution in [3.05, 3.63) is 23.8 Å². The molecule has 1 saturated heterocycles. The molecule has 1 heterocycles. The molecule has 4 heteroatoms. The summed E-state index contributed by atoms with van der Waals surface area (Å²) >= 11 is 0. The number of rotatable bonds is 8. The molecule has 0 aliphatic carbocycles. The van der Waals surface area contributed by atoms with Crippen molar-refractivity contribution in [2.45, 2.75) is 26.2 Å².